The third-order valence-corrected chi connectivity index (χ3v) is 13.6. The number of anilines is 1. The van der Waals surface area contributed by atoms with E-state index in [1.54, 1.807) is 0 Å². The predicted molar refractivity (Wildman–Crippen MR) is 158 cm³/mol. The van der Waals surface area contributed by atoms with Crippen LogP contribution in [0, 0.1) is 0 Å². The monoisotopic (exact) mass is 549 g/mol. The van der Waals surface area contributed by atoms with Gasteiger partial charge in [-0.05, 0) is 68.4 Å². The molecule has 3 aromatic rings. The molecule has 3 atom stereocenters. The topological polar surface area (TPSA) is 76.8 Å². The Morgan fingerprint density at radius 1 is 1.13 bits per heavy atom. The van der Waals surface area contributed by atoms with Crippen molar-refractivity contribution in [3.05, 3.63) is 59.4 Å². The summed E-state index contributed by atoms with van der Waals surface area (Å²) in [5.74, 6) is 1.01. The molecule has 2 aromatic carbocycles. The number of hydrogen-bond donors (Lipinski definition) is 1. The highest BCUT2D eigenvalue weighted by atomic mass is 28.4. The molecule has 0 aliphatic carbocycles. The molecule has 2 aliphatic rings. The van der Waals surface area contributed by atoms with E-state index in [-0.39, 0.29) is 23.2 Å². The van der Waals surface area contributed by atoms with Crippen molar-refractivity contribution in [1.82, 2.24) is 9.55 Å². The summed E-state index contributed by atoms with van der Waals surface area (Å²) in [5, 5.41) is 10.1. The quantitative estimate of drug-likeness (QED) is 0.329. The van der Waals surface area contributed by atoms with Crippen LogP contribution in [0.4, 0.5) is 10.5 Å². The minimum atomic E-state index is -1.82. The number of aryl methyl sites for hydroxylation is 1. The van der Waals surface area contributed by atoms with Crippen molar-refractivity contribution >= 4 is 31.1 Å². The van der Waals surface area contributed by atoms with Gasteiger partial charge in [-0.2, -0.15) is 0 Å². The first-order valence-electron chi connectivity index (χ1n) is 14.3. The largest absolute Gasteiger partial charge is 0.465 e. The maximum Gasteiger partial charge on any atom is 0.412 e. The standard InChI is InChI=1S/C31H43N3O4Si/c1-21-12-15-25-26(33(21)30(35)36)16-17-27-29(25)32-28(18-22-10-8-7-9-11-22)34(27)23-13-14-24(37-19-23)20-38-39(5,6)31(2,3)4/h7-11,16-17,21,23-24H,12-15,18-20H2,1-6H3,(H,35,36)/t21-,23+,24-/m0/s1. The number of aromatic nitrogens is 2. The zero-order valence-corrected chi connectivity index (χ0v) is 25.2. The van der Waals surface area contributed by atoms with Gasteiger partial charge < -0.3 is 18.8 Å². The molecule has 3 heterocycles. The maximum atomic E-state index is 12.1. The summed E-state index contributed by atoms with van der Waals surface area (Å²) in [4.78, 5) is 18.8. The van der Waals surface area contributed by atoms with Crippen LogP contribution in [0.5, 0.6) is 0 Å². The number of nitrogens with zero attached hydrogens (tertiary/aromatic N) is 3. The summed E-state index contributed by atoms with van der Waals surface area (Å²) >= 11 is 0. The fourth-order valence-corrected chi connectivity index (χ4v) is 6.73. The average Bonchev–Trinajstić information content (AvgIpc) is 3.25. The lowest BCUT2D eigenvalue weighted by Gasteiger charge is -2.38. The molecular formula is C31H43N3O4Si. The minimum Gasteiger partial charge on any atom is -0.465 e. The number of amides is 1. The highest BCUT2D eigenvalue weighted by Crippen LogP contribution is 2.40. The first-order valence-corrected chi connectivity index (χ1v) is 17.2. The van der Waals surface area contributed by atoms with Crippen LogP contribution in [0.1, 0.15) is 70.0 Å². The number of imidazole rings is 1. The summed E-state index contributed by atoms with van der Waals surface area (Å²) in [6, 6.07) is 14.6. The summed E-state index contributed by atoms with van der Waals surface area (Å²) in [6.07, 6.45) is 3.49. The van der Waals surface area contributed by atoms with Crippen LogP contribution >= 0.6 is 0 Å². The lowest BCUT2D eigenvalue weighted by Crippen LogP contribution is -2.43. The zero-order chi connectivity index (χ0) is 27.9. The van der Waals surface area contributed by atoms with Crippen LogP contribution in [0.3, 0.4) is 0 Å². The molecule has 39 heavy (non-hydrogen) atoms. The summed E-state index contributed by atoms with van der Waals surface area (Å²) in [6.45, 7) is 14.6. The van der Waals surface area contributed by atoms with Crippen molar-refractivity contribution in [3.63, 3.8) is 0 Å². The molecule has 1 amide bonds. The minimum absolute atomic E-state index is 0.0458. The number of hydrogen-bond acceptors (Lipinski definition) is 4. The Labute approximate surface area is 233 Å². The molecule has 1 N–H and O–H groups in total. The van der Waals surface area contributed by atoms with E-state index < -0.39 is 14.4 Å². The fourth-order valence-electron chi connectivity index (χ4n) is 5.69. The van der Waals surface area contributed by atoms with Crippen molar-refractivity contribution in [1.29, 1.82) is 0 Å². The third kappa shape index (κ3) is 5.51. The van der Waals surface area contributed by atoms with Crippen LogP contribution in [-0.4, -0.2) is 54.4 Å². The van der Waals surface area contributed by atoms with Gasteiger partial charge in [0.1, 0.15) is 5.82 Å². The molecule has 1 fully saturated rings. The van der Waals surface area contributed by atoms with Gasteiger partial charge in [0.2, 0.25) is 0 Å². The molecule has 0 bridgehead atoms. The van der Waals surface area contributed by atoms with Gasteiger partial charge in [-0.25, -0.2) is 9.78 Å². The zero-order valence-electron chi connectivity index (χ0n) is 24.2. The maximum absolute atomic E-state index is 12.1. The SMILES string of the molecule is C[C@H]1CCc2c(ccc3c2nc(Cc2ccccc2)n3[C@@H]2CC[C@@H](CO[Si](C)(C)C(C)(C)C)OC2)N1C(=O)O. The molecule has 1 saturated heterocycles. The predicted octanol–water partition coefficient (Wildman–Crippen LogP) is 7.19. The molecule has 8 heteroatoms. The van der Waals surface area contributed by atoms with E-state index in [1.807, 2.05) is 19.1 Å². The van der Waals surface area contributed by atoms with Crippen molar-refractivity contribution in [2.45, 2.75) is 96.1 Å². The fraction of sp³-hybridized carbons (Fsp3) is 0.548. The van der Waals surface area contributed by atoms with Crippen molar-refractivity contribution in [2.75, 3.05) is 18.1 Å². The Morgan fingerprint density at radius 2 is 1.87 bits per heavy atom. The number of ether oxygens (including phenoxy) is 1. The molecule has 0 spiro atoms. The second-order valence-corrected chi connectivity index (χ2v) is 17.6. The number of rotatable bonds is 6. The van der Waals surface area contributed by atoms with Gasteiger partial charge in [0.05, 0.1) is 42.1 Å². The molecular weight excluding hydrogens is 506 g/mol. The Balaban J connectivity index is 1.45. The van der Waals surface area contributed by atoms with E-state index in [1.165, 1.54) is 10.5 Å². The Kier molecular flexibility index (Phi) is 7.65. The van der Waals surface area contributed by atoms with E-state index in [9.17, 15) is 9.90 Å². The summed E-state index contributed by atoms with van der Waals surface area (Å²) < 4.78 is 15.3. The van der Waals surface area contributed by atoms with E-state index in [0.29, 0.717) is 13.2 Å². The Hall–Kier alpha value is -2.68. The Bertz CT molecular complexity index is 1320. The van der Waals surface area contributed by atoms with Crippen LogP contribution in [0.15, 0.2) is 42.5 Å². The molecule has 0 radical (unpaired) electrons. The second-order valence-electron chi connectivity index (χ2n) is 12.8. The number of fused-ring (bicyclic) bond motifs is 3. The summed E-state index contributed by atoms with van der Waals surface area (Å²) in [5.41, 5.74) is 5.02. The molecule has 1 aromatic heterocycles. The van der Waals surface area contributed by atoms with Gasteiger partial charge in [0.15, 0.2) is 8.32 Å². The molecule has 210 valence electrons. The molecule has 0 unspecified atom stereocenters. The van der Waals surface area contributed by atoms with Crippen LogP contribution in [-0.2, 0) is 22.0 Å². The van der Waals surface area contributed by atoms with Crippen LogP contribution in [0.2, 0.25) is 18.1 Å². The van der Waals surface area contributed by atoms with Crippen LogP contribution in [0.25, 0.3) is 11.0 Å². The third-order valence-electron chi connectivity index (χ3n) is 9.09. The van der Waals surface area contributed by atoms with Gasteiger partial charge in [-0.1, -0.05) is 51.1 Å². The normalized spacial score (nSPS) is 22.2. The average molecular weight is 550 g/mol. The first kappa shape index (κ1) is 27.9. The van der Waals surface area contributed by atoms with Crippen LogP contribution < -0.4 is 4.90 Å². The van der Waals surface area contributed by atoms with Crippen molar-refractivity contribution in [2.24, 2.45) is 0 Å². The van der Waals surface area contributed by atoms with E-state index in [4.69, 9.17) is 14.1 Å². The lowest BCUT2D eigenvalue weighted by atomic mass is 9.95. The highest BCUT2D eigenvalue weighted by Gasteiger charge is 2.38. The molecule has 7 nitrogen and oxygen atoms in total. The Morgan fingerprint density at radius 3 is 2.51 bits per heavy atom. The van der Waals surface area contributed by atoms with Crippen molar-refractivity contribution < 1.29 is 19.1 Å². The van der Waals surface area contributed by atoms with Gasteiger partial charge in [0.25, 0.3) is 0 Å². The van der Waals surface area contributed by atoms with E-state index >= 15 is 0 Å². The highest BCUT2D eigenvalue weighted by molar-refractivity contribution is 6.74. The van der Waals surface area contributed by atoms with E-state index in [0.717, 1.165) is 60.2 Å². The molecule has 2 aliphatic heterocycles. The van der Waals surface area contributed by atoms with E-state index in [2.05, 4.69) is 68.8 Å². The first-order chi connectivity index (χ1) is 18.5. The van der Waals surface area contributed by atoms with Gasteiger partial charge >= 0.3 is 6.09 Å². The number of carbonyl (C=O) groups is 1. The van der Waals surface area contributed by atoms with Crippen molar-refractivity contribution in [3.8, 4) is 0 Å². The second kappa shape index (κ2) is 10.7. The van der Waals surface area contributed by atoms with Gasteiger partial charge in [-0.15, -0.1) is 0 Å². The molecule has 5 rings (SSSR count). The lowest BCUT2D eigenvalue weighted by molar-refractivity contribution is -0.0359. The molecule has 0 saturated carbocycles. The van der Waals surface area contributed by atoms with Gasteiger partial charge in [-0.3, -0.25) is 4.90 Å². The summed E-state index contributed by atoms with van der Waals surface area (Å²) in [7, 11) is -1.82. The van der Waals surface area contributed by atoms with Gasteiger partial charge in [0, 0.05) is 18.0 Å². The smallest absolute Gasteiger partial charge is 0.412 e. The number of benzene rings is 2. The number of carboxylic acid groups (broad SMARTS) is 1.